The Morgan fingerprint density at radius 2 is 1.59 bits per heavy atom. The Balaban J connectivity index is 1.65. The molecule has 10 heteroatoms. The zero-order chi connectivity index (χ0) is 24.9. The summed E-state index contributed by atoms with van der Waals surface area (Å²) in [7, 11) is 0. The van der Waals surface area contributed by atoms with Crippen LogP contribution in [-0.4, -0.2) is 37.0 Å². The maximum atomic E-state index is 12.1. The topological polar surface area (TPSA) is 111 Å². The second-order valence-electron chi connectivity index (χ2n) is 7.30. The SMILES string of the molecule is CCCCOC(=O)c1ccc(NC(=O)CCCC(=O)OCC(=O)Nc2cc(Cl)ccc2Cl)cc1. The van der Waals surface area contributed by atoms with E-state index in [4.69, 9.17) is 32.7 Å². The molecule has 0 bridgehead atoms. The average Bonchev–Trinajstić information content (AvgIpc) is 2.80. The highest BCUT2D eigenvalue weighted by Gasteiger charge is 2.12. The molecule has 2 amide bonds. The van der Waals surface area contributed by atoms with E-state index in [1.165, 1.54) is 12.1 Å². The summed E-state index contributed by atoms with van der Waals surface area (Å²) in [6.45, 7) is 1.89. The van der Waals surface area contributed by atoms with Crippen LogP contribution in [0.1, 0.15) is 49.4 Å². The highest BCUT2D eigenvalue weighted by Crippen LogP contribution is 2.25. The highest BCUT2D eigenvalue weighted by atomic mass is 35.5. The van der Waals surface area contributed by atoms with Crippen molar-refractivity contribution < 1.29 is 28.7 Å². The summed E-state index contributed by atoms with van der Waals surface area (Å²) in [6, 6.07) is 10.9. The first-order valence-corrected chi connectivity index (χ1v) is 11.5. The molecule has 0 spiro atoms. The lowest BCUT2D eigenvalue weighted by Gasteiger charge is -2.09. The van der Waals surface area contributed by atoms with Crippen LogP contribution < -0.4 is 10.6 Å². The minimum absolute atomic E-state index is 0.0266. The van der Waals surface area contributed by atoms with Crippen LogP contribution in [0, 0.1) is 0 Å². The molecule has 0 radical (unpaired) electrons. The molecular weight excluding hydrogens is 483 g/mol. The van der Waals surface area contributed by atoms with Gasteiger partial charge in [-0.15, -0.1) is 0 Å². The summed E-state index contributed by atoms with van der Waals surface area (Å²) in [5.41, 5.74) is 1.24. The number of unbranched alkanes of at least 4 members (excludes halogenated alkanes) is 1. The van der Waals surface area contributed by atoms with Gasteiger partial charge in [0.15, 0.2) is 6.61 Å². The lowest BCUT2D eigenvalue weighted by Crippen LogP contribution is -2.21. The first-order chi connectivity index (χ1) is 16.3. The number of nitrogens with one attached hydrogen (secondary N) is 2. The third-order valence-electron chi connectivity index (χ3n) is 4.49. The number of esters is 2. The molecular formula is C24H26Cl2N2O6. The molecule has 0 heterocycles. The predicted molar refractivity (Wildman–Crippen MR) is 130 cm³/mol. The molecule has 2 rings (SSSR count). The second-order valence-corrected chi connectivity index (χ2v) is 8.15. The third-order valence-corrected chi connectivity index (χ3v) is 5.05. The summed E-state index contributed by atoms with van der Waals surface area (Å²) in [5, 5.41) is 5.90. The fourth-order valence-electron chi connectivity index (χ4n) is 2.70. The largest absolute Gasteiger partial charge is 0.462 e. The number of halogens is 2. The second kappa shape index (κ2) is 14.2. The van der Waals surface area contributed by atoms with Crippen LogP contribution in [0.15, 0.2) is 42.5 Å². The normalized spacial score (nSPS) is 10.3. The summed E-state index contributed by atoms with van der Waals surface area (Å²) in [6.07, 6.45) is 2.04. The van der Waals surface area contributed by atoms with E-state index in [-0.39, 0.29) is 25.2 Å². The van der Waals surface area contributed by atoms with Gasteiger partial charge in [0.2, 0.25) is 5.91 Å². The van der Waals surface area contributed by atoms with Gasteiger partial charge >= 0.3 is 11.9 Å². The van der Waals surface area contributed by atoms with E-state index in [0.29, 0.717) is 33.6 Å². The van der Waals surface area contributed by atoms with Crippen molar-refractivity contribution in [2.24, 2.45) is 0 Å². The quantitative estimate of drug-likeness (QED) is 0.299. The molecule has 8 nitrogen and oxygen atoms in total. The fraction of sp³-hybridized carbons (Fsp3) is 0.333. The molecule has 0 aliphatic heterocycles. The van der Waals surface area contributed by atoms with Crippen molar-refractivity contribution in [2.75, 3.05) is 23.8 Å². The van der Waals surface area contributed by atoms with Gasteiger partial charge in [0.1, 0.15) is 0 Å². The third kappa shape index (κ3) is 9.80. The van der Waals surface area contributed by atoms with Crippen LogP contribution in [0.25, 0.3) is 0 Å². The summed E-state index contributed by atoms with van der Waals surface area (Å²) in [5.74, 6) is -1.87. The molecule has 0 aromatic heterocycles. The van der Waals surface area contributed by atoms with Crippen LogP contribution in [0.5, 0.6) is 0 Å². The van der Waals surface area contributed by atoms with E-state index in [1.54, 1.807) is 30.3 Å². The number of amides is 2. The minimum Gasteiger partial charge on any atom is -0.462 e. The number of hydrogen-bond acceptors (Lipinski definition) is 6. The molecule has 0 atom stereocenters. The number of anilines is 2. The molecule has 34 heavy (non-hydrogen) atoms. The number of carbonyl (C=O) groups is 4. The Hall–Kier alpha value is -3.10. The van der Waals surface area contributed by atoms with Gasteiger partial charge in [-0.1, -0.05) is 36.5 Å². The van der Waals surface area contributed by atoms with E-state index in [9.17, 15) is 19.2 Å². The number of benzene rings is 2. The Bertz CT molecular complexity index is 1010. The van der Waals surface area contributed by atoms with Crippen molar-refractivity contribution in [3.8, 4) is 0 Å². The predicted octanol–water partition coefficient (Wildman–Crippen LogP) is 5.24. The van der Waals surface area contributed by atoms with E-state index in [2.05, 4.69) is 10.6 Å². The number of ether oxygens (including phenoxy) is 2. The van der Waals surface area contributed by atoms with Gasteiger partial charge in [-0.2, -0.15) is 0 Å². The summed E-state index contributed by atoms with van der Waals surface area (Å²) < 4.78 is 10.0. The Morgan fingerprint density at radius 1 is 0.853 bits per heavy atom. The fourth-order valence-corrected chi connectivity index (χ4v) is 3.03. The molecule has 0 saturated carbocycles. The molecule has 0 saturated heterocycles. The first kappa shape index (κ1) is 27.1. The van der Waals surface area contributed by atoms with Gasteiger partial charge in [0.05, 0.1) is 22.9 Å². The first-order valence-electron chi connectivity index (χ1n) is 10.8. The van der Waals surface area contributed by atoms with Crippen LogP contribution in [0.4, 0.5) is 11.4 Å². The molecule has 2 N–H and O–H groups in total. The van der Waals surface area contributed by atoms with Gasteiger partial charge in [-0.05, 0) is 55.3 Å². The Kier molecular flexibility index (Phi) is 11.4. The number of hydrogen-bond donors (Lipinski definition) is 2. The van der Waals surface area contributed by atoms with Crippen molar-refractivity contribution in [3.63, 3.8) is 0 Å². The molecule has 0 fully saturated rings. The monoisotopic (exact) mass is 508 g/mol. The minimum atomic E-state index is -0.605. The average molecular weight is 509 g/mol. The van der Waals surface area contributed by atoms with Gasteiger partial charge in [-0.3, -0.25) is 14.4 Å². The van der Waals surface area contributed by atoms with Crippen molar-refractivity contribution >= 4 is 58.3 Å². The number of rotatable bonds is 12. The van der Waals surface area contributed by atoms with Crippen molar-refractivity contribution in [1.29, 1.82) is 0 Å². The summed E-state index contributed by atoms with van der Waals surface area (Å²) >= 11 is 11.8. The summed E-state index contributed by atoms with van der Waals surface area (Å²) in [4.78, 5) is 47.7. The molecule has 2 aromatic rings. The van der Waals surface area contributed by atoms with Gasteiger partial charge in [0, 0.05) is 23.6 Å². The lowest BCUT2D eigenvalue weighted by molar-refractivity contribution is -0.147. The maximum absolute atomic E-state index is 12.1. The molecule has 0 unspecified atom stereocenters. The lowest BCUT2D eigenvalue weighted by atomic mass is 10.2. The molecule has 2 aromatic carbocycles. The maximum Gasteiger partial charge on any atom is 0.338 e. The van der Waals surface area contributed by atoms with Crippen LogP contribution in [0.2, 0.25) is 10.0 Å². The molecule has 182 valence electrons. The standard InChI is InChI=1S/C24H26Cl2N2O6/c1-2-3-13-33-24(32)16-7-10-18(11-8-16)27-21(29)5-4-6-23(31)34-15-22(30)28-20-14-17(25)9-12-19(20)26/h7-12,14H,2-6,13,15H2,1H3,(H,27,29)(H,28,30). The van der Waals surface area contributed by atoms with Crippen molar-refractivity contribution in [1.82, 2.24) is 0 Å². The van der Waals surface area contributed by atoms with E-state index < -0.39 is 24.5 Å². The molecule has 0 aliphatic carbocycles. The van der Waals surface area contributed by atoms with Crippen molar-refractivity contribution in [2.45, 2.75) is 39.0 Å². The van der Waals surface area contributed by atoms with E-state index in [0.717, 1.165) is 12.8 Å². The van der Waals surface area contributed by atoms with Crippen LogP contribution in [0.3, 0.4) is 0 Å². The van der Waals surface area contributed by atoms with Crippen LogP contribution >= 0.6 is 23.2 Å². The Labute approximate surface area is 207 Å². The zero-order valence-electron chi connectivity index (χ0n) is 18.7. The van der Waals surface area contributed by atoms with Gasteiger partial charge in [-0.25, -0.2) is 4.79 Å². The van der Waals surface area contributed by atoms with Crippen molar-refractivity contribution in [3.05, 3.63) is 58.1 Å². The highest BCUT2D eigenvalue weighted by molar-refractivity contribution is 6.35. The Morgan fingerprint density at radius 3 is 2.29 bits per heavy atom. The zero-order valence-corrected chi connectivity index (χ0v) is 20.2. The van der Waals surface area contributed by atoms with Gasteiger partial charge in [0.25, 0.3) is 5.91 Å². The van der Waals surface area contributed by atoms with E-state index in [1.807, 2.05) is 6.92 Å². The number of carbonyl (C=O) groups excluding carboxylic acids is 4. The molecule has 0 aliphatic rings. The van der Waals surface area contributed by atoms with Gasteiger partial charge < -0.3 is 20.1 Å². The van der Waals surface area contributed by atoms with Crippen LogP contribution in [-0.2, 0) is 23.9 Å². The van der Waals surface area contributed by atoms with E-state index >= 15 is 0 Å². The smallest absolute Gasteiger partial charge is 0.338 e.